The lowest BCUT2D eigenvalue weighted by Crippen LogP contribution is -2.47. The zero-order valence-electron chi connectivity index (χ0n) is 11.6. The van der Waals surface area contributed by atoms with Crippen molar-refractivity contribution in [1.29, 1.82) is 0 Å². The SMILES string of the molecule is CC1COCCN1C(=O)c1cn(-c2ccc(Cl)cc2)nn1. The molecule has 0 aliphatic carbocycles. The lowest BCUT2D eigenvalue weighted by atomic mass is 10.2. The maximum atomic E-state index is 12.4. The van der Waals surface area contributed by atoms with Gasteiger partial charge in [-0.25, -0.2) is 4.68 Å². The number of aromatic nitrogens is 3. The van der Waals surface area contributed by atoms with Crippen LogP contribution >= 0.6 is 11.6 Å². The Balaban J connectivity index is 1.81. The molecule has 1 aromatic carbocycles. The number of benzene rings is 1. The van der Waals surface area contributed by atoms with Crippen LogP contribution in [0.4, 0.5) is 0 Å². The first-order valence-corrected chi connectivity index (χ1v) is 7.10. The Morgan fingerprint density at radius 1 is 1.38 bits per heavy atom. The highest BCUT2D eigenvalue weighted by Gasteiger charge is 2.26. The van der Waals surface area contributed by atoms with Gasteiger partial charge in [0.25, 0.3) is 5.91 Å². The Labute approximate surface area is 127 Å². The third-order valence-electron chi connectivity index (χ3n) is 3.43. The number of amides is 1. The number of rotatable bonds is 2. The number of carbonyl (C=O) groups is 1. The second-order valence-corrected chi connectivity index (χ2v) is 5.38. The van der Waals surface area contributed by atoms with E-state index in [1.807, 2.05) is 19.1 Å². The normalized spacial score (nSPS) is 18.8. The topological polar surface area (TPSA) is 60.2 Å². The fourth-order valence-electron chi connectivity index (χ4n) is 2.26. The van der Waals surface area contributed by atoms with Crippen LogP contribution in [0.1, 0.15) is 17.4 Å². The van der Waals surface area contributed by atoms with Crippen molar-refractivity contribution in [3.63, 3.8) is 0 Å². The average Bonchev–Trinajstić information content (AvgIpc) is 2.98. The van der Waals surface area contributed by atoms with E-state index in [9.17, 15) is 4.79 Å². The van der Waals surface area contributed by atoms with Gasteiger partial charge < -0.3 is 9.64 Å². The Hall–Kier alpha value is -1.92. The Bertz CT molecular complexity index is 641. The summed E-state index contributed by atoms with van der Waals surface area (Å²) in [5.74, 6) is -0.119. The Morgan fingerprint density at radius 2 is 2.14 bits per heavy atom. The standard InChI is InChI=1S/C14H15ClN4O2/c1-10-9-21-7-6-18(10)14(20)13-8-19(17-16-13)12-4-2-11(15)3-5-12/h2-5,8,10H,6-7,9H2,1H3. The van der Waals surface area contributed by atoms with Crippen molar-refractivity contribution in [2.75, 3.05) is 19.8 Å². The van der Waals surface area contributed by atoms with Crippen molar-refractivity contribution >= 4 is 17.5 Å². The summed E-state index contributed by atoms with van der Waals surface area (Å²) >= 11 is 5.85. The molecule has 1 atom stereocenters. The molecule has 7 heteroatoms. The van der Waals surface area contributed by atoms with E-state index in [1.165, 1.54) is 0 Å². The van der Waals surface area contributed by atoms with Crippen molar-refractivity contribution in [3.8, 4) is 5.69 Å². The van der Waals surface area contributed by atoms with E-state index in [2.05, 4.69) is 10.3 Å². The molecular weight excluding hydrogens is 292 g/mol. The van der Waals surface area contributed by atoms with E-state index in [-0.39, 0.29) is 11.9 Å². The van der Waals surface area contributed by atoms with Gasteiger partial charge in [0.05, 0.1) is 31.1 Å². The summed E-state index contributed by atoms with van der Waals surface area (Å²) in [6, 6.07) is 7.23. The first-order valence-electron chi connectivity index (χ1n) is 6.72. The van der Waals surface area contributed by atoms with E-state index in [1.54, 1.807) is 27.9 Å². The van der Waals surface area contributed by atoms with Crippen LogP contribution in [-0.2, 0) is 4.74 Å². The van der Waals surface area contributed by atoms with Crippen molar-refractivity contribution in [2.45, 2.75) is 13.0 Å². The lowest BCUT2D eigenvalue weighted by molar-refractivity contribution is 0.00326. The Morgan fingerprint density at radius 3 is 2.86 bits per heavy atom. The average molecular weight is 307 g/mol. The fourth-order valence-corrected chi connectivity index (χ4v) is 2.38. The number of hydrogen-bond acceptors (Lipinski definition) is 4. The maximum Gasteiger partial charge on any atom is 0.276 e. The molecule has 2 aromatic rings. The van der Waals surface area contributed by atoms with Crippen LogP contribution < -0.4 is 0 Å². The lowest BCUT2D eigenvalue weighted by Gasteiger charge is -2.32. The van der Waals surface area contributed by atoms with Crippen LogP contribution in [0.3, 0.4) is 0 Å². The molecule has 0 radical (unpaired) electrons. The minimum Gasteiger partial charge on any atom is -0.377 e. The minimum absolute atomic E-state index is 0.0481. The zero-order chi connectivity index (χ0) is 14.8. The zero-order valence-corrected chi connectivity index (χ0v) is 12.3. The van der Waals surface area contributed by atoms with Gasteiger partial charge in [0.1, 0.15) is 0 Å². The van der Waals surface area contributed by atoms with Gasteiger partial charge in [0, 0.05) is 11.6 Å². The summed E-state index contributed by atoms with van der Waals surface area (Å²) < 4.78 is 6.90. The predicted octanol–water partition coefficient (Wildman–Crippen LogP) is 1.78. The minimum atomic E-state index is -0.119. The molecule has 0 N–H and O–H groups in total. The van der Waals surface area contributed by atoms with Gasteiger partial charge in [-0.1, -0.05) is 16.8 Å². The van der Waals surface area contributed by atoms with E-state index >= 15 is 0 Å². The van der Waals surface area contributed by atoms with Gasteiger partial charge >= 0.3 is 0 Å². The van der Waals surface area contributed by atoms with E-state index < -0.39 is 0 Å². The molecule has 3 rings (SSSR count). The molecule has 1 unspecified atom stereocenters. The van der Waals surface area contributed by atoms with Crippen molar-refractivity contribution in [2.24, 2.45) is 0 Å². The van der Waals surface area contributed by atoms with Crippen molar-refractivity contribution in [1.82, 2.24) is 19.9 Å². The van der Waals surface area contributed by atoms with Gasteiger partial charge in [-0.15, -0.1) is 5.10 Å². The fraction of sp³-hybridized carbons (Fsp3) is 0.357. The smallest absolute Gasteiger partial charge is 0.276 e. The Kier molecular flexibility index (Phi) is 3.90. The molecule has 110 valence electrons. The summed E-state index contributed by atoms with van der Waals surface area (Å²) in [6.07, 6.45) is 1.63. The van der Waals surface area contributed by atoms with Gasteiger partial charge in [-0.05, 0) is 31.2 Å². The molecule has 0 spiro atoms. The van der Waals surface area contributed by atoms with Crippen LogP contribution in [0.15, 0.2) is 30.5 Å². The third-order valence-corrected chi connectivity index (χ3v) is 3.68. The van der Waals surface area contributed by atoms with E-state index in [0.717, 1.165) is 5.69 Å². The molecule has 0 bridgehead atoms. The molecular formula is C14H15ClN4O2. The van der Waals surface area contributed by atoms with Crippen LogP contribution in [0.25, 0.3) is 5.69 Å². The highest BCUT2D eigenvalue weighted by atomic mass is 35.5. The van der Waals surface area contributed by atoms with E-state index in [0.29, 0.717) is 30.5 Å². The summed E-state index contributed by atoms with van der Waals surface area (Å²) in [5, 5.41) is 8.62. The monoisotopic (exact) mass is 306 g/mol. The largest absolute Gasteiger partial charge is 0.377 e. The number of hydrogen-bond donors (Lipinski definition) is 0. The van der Waals surface area contributed by atoms with Crippen LogP contribution in [-0.4, -0.2) is 51.6 Å². The van der Waals surface area contributed by atoms with Gasteiger partial charge in [-0.2, -0.15) is 0 Å². The molecule has 21 heavy (non-hydrogen) atoms. The summed E-state index contributed by atoms with van der Waals surface area (Å²) in [7, 11) is 0. The predicted molar refractivity (Wildman–Crippen MR) is 77.7 cm³/mol. The molecule has 1 amide bonds. The molecule has 1 fully saturated rings. The number of halogens is 1. The number of morpholine rings is 1. The number of carbonyl (C=O) groups excluding carboxylic acids is 1. The van der Waals surface area contributed by atoms with Gasteiger partial charge in [0.15, 0.2) is 5.69 Å². The van der Waals surface area contributed by atoms with Crippen LogP contribution in [0.5, 0.6) is 0 Å². The third kappa shape index (κ3) is 2.91. The van der Waals surface area contributed by atoms with Crippen LogP contribution in [0, 0.1) is 0 Å². The van der Waals surface area contributed by atoms with Crippen molar-refractivity contribution < 1.29 is 9.53 Å². The number of ether oxygens (including phenoxy) is 1. The van der Waals surface area contributed by atoms with Gasteiger partial charge in [0.2, 0.25) is 0 Å². The molecule has 6 nitrogen and oxygen atoms in total. The first kappa shape index (κ1) is 14.0. The van der Waals surface area contributed by atoms with Crippen LogP contribution in [0.2, 0.25) is 5.02 Å². The molecule has 0 saturated carbocycles. The maximum absolute atomic E-state index is 12.4. The second kappa shape index (κ2) is 5.83. The second-order valence-electron chi connectivity index (χ2n) is 4.95. The summed E-state index contributed by atoms with van der Waals surface area (Å²) in [5.41, 5.74) is 1.14. The molecule has 1 aliphatic heterocycles. The van der Waals surface area contributed by atoms with Gasteiger partial charge in [-0.3, -0.25) is 4.79 Å². The first-order chi connectivity index (χ1) is 10.1. The number of nitrogens with zero attached hydrogens (tertiary/aromatic N) is 4. The molecule has 1 saturated heterocycles. The van der Waals surface area contributed by atoms with E-state index in [4.69, 9.17) is 16.3 Å². The summed E-state index contributed by atoms with van der Waals surface area (Å²) in [4.78, 5) is 14.2. The highest BCUT2D eigenvalue weighted by molar-refractivity contribution is 6.30. The molecule has 1 aliphatic rings. The van der Waals surface area contributed by atoms with Crippen molar-refractivity contribution in [3.05, 3.63) is 41.2 Å². The molecule has 1 aromatic heterocycles. The molecule has 2 heterocycles. The highest BCUT2D eigenvalue weighted by Crippen LogP contribution is 2.14. The summed E-state index contributed by atoms with van der Waals surface area (Å²) in [6.45, 7) is 3.65. The quantitative estimate of drug-likeness (QED) is 0.848.